The molecule has 5 heteroatoms. The zero-order chi connectivity index (χ0) is 17.6. The van der Waals surface area contributed by atoms with Gasteiger partial charge in [0.15, 0.2) is 0 Å². The maximum Gasteiger partial charge on any atom is 0.259 e. The molecule has 1 amide bonds. The number of hydrogen-bond donors (Lipinski definition) is 2. The largest absolute Gasteiger partial charge is 0.376 e. The Labute approximate surface area is 151 Å². The van der Waals surface area contributed by atoms with Crippen molar-refractivity contribution in [3.63, 3.8) is 0 Å². The van der Waals surface area contributed by atoms with Crippen LogP contribution >= 0.6 is 11.6 Å². The Bertz CT molecular complexity index is 932. The summed E-state index contributed by atoms with van der Waals surface area (Å²) in [6, 6.07) is 19.6. The second-order valence-corrected chi connectivity index (χ2v) is 6.03. The van der Waals surface area contributed by atoms with Gasteiger partial charge in [0.05, 0.1) is 12.8 Å². The Kier molecular flexibility index (Phi) is 5.31. The summed E-state index contributed by atoms with van der Waals surface area (Å²) in [7, 11) is 0. The number of anilines is 1. The minimum absolute atomic E-state index is 0.119. The molecule has 0 spiro atoms. The summed E-state index contributed by atoms with van der Waals surface area (Å²) in [6.07, 6.45) is 1.66. The molecule has 3 rings (SSSR count). The van der Waals surface area contributed by atoms with Crippen LogP contribution in [0, 0.1) is 6.92 Å². The Balaban J connectivity index is 1.60. The lowest BCUT2D eigenvalue weighted by Crippen LogP contribution is -2.26. The second-order valence-electron chi connectivity index (χ2n) is 5.63. The van der Waals surface area contributed by atoms with Crippen molar-refractivity contribution in [3.8, 4) is 0 Å². The molecule has 4 nitrogen and oxygen atoms in total. The van der Waals surface area contributed by atoms with E-state index in [2.05, 4.69) is 15.8 Å². The van der Waals surface area contributed by atoms with Gasteiger partial charge in [-0.05, 0) is 35.4 Å². The van der Waals surface area contributed by atoms with Gasteiger partial charge in [-0.1, -0.05) is 60.1 Å². The second kappa shape index (κ2) is 7.81. The van der Waals surface area contributed by atoms with E-state index >= 15 is 0 Å². The van der Waals surface area contributed by atoms with Crippen molar-refractivity contribution in [2.24, 2.45) is 5.10 Å². The van der Waals surface area contributed by atoms with Crippen molar-refractivity contribution in [2.75, 3.05) is 11.9 Å². The van der Waals surface area contributed by atoms with Crippen molar-refractivity contribution in [3.05, 3.63) is 76.8 Å². The van der Waals surface area contributed by atoms with Gasteiger partial charge in [0.25, 0.3) is 5.91 Å². The van der Waals surface area contributed by atoms with Crippen LogP contribution in [0.3, 0.4) is 0 Å². The maximum absolute atomic E-state index is 11.9. The van der Waals surface area contributed by atoms with Gasteiger partial charge in [-0.3, -0.25) is 4.79 Å². The molecule has 2 N–H and O–H groups in total. The molecule has 0 fully saturated rings. The molecule has 0 aromatic heterocycles. The van der Waals surface area contributed by atoms with Crippen LogP contribution in [-0.4, -0.2) is 18.7 Å². The molecule has 0 aliphatic rings. The summed E-state index contributed by atoms with van der Waals surface area (Å²) in [4.78, 5) is 11.9. The Morgan fingerprint density at radius 3 is 2.72 bits per heavy atom. The average molecular weight is 352 g/mol. The van der Waals surface area contributed by atoms with Crippen molar-refractivity contribution in [2.45, 2.75) is 6.92 Å². The fourth-order valence-electron chi connectivity index (χ4n) is 2.55. The lowest BCUT2D eigenvalue weighted by atomic mass is 10.1. The zero-order valence-corrected chi connectivity index (χ0v) is 14.5. The van der Waals surface area contributed by atoms with E-state index in [-0.39, 0.29) is 12.5 Å². The summed E-state index contributed by atoms with van der Waals surface area (Å²) < 4.78 is 0. The summed E-state index contributed by atoms with van der Waals surface area (Å²) in [6.45, 7) is 2.02. The fourth-order valence-corrected chi connectivity index (χ4v) is 2.73. The van der Waals surface area contributed by atoms with Gasteiger partial charge >= 0.3 is 0 Å². The maximum atomic E-state index is 11.9. The highest BCUT2D eigenvalue weighted by Crippen LogP contribution is 2.22. The molecule has 0 atom stereocenters. The van der Waals surface area contributed by atoms with Crippen LogP contribution < -0.4 is 10.7 Å². The average Bonchev–Trinajstić information content (AvgIpc) is 2.63. The number of hydrazone groups is 1. The summed E-state index contributed by atoms with van der Waals surface area (Å²) in [5, 5.41) is 10.0. The molecule has 0 radical (unpaired) electrons. The summed E-state index contributed by atoms with van der Waals surface area (Å²) in [5.41, 5.74) is 5.24. The first-order chi connectivity index (χ1) is 12.1. The van der Waals surface area contributed by atoms with Gasteiger partial charge in [0, 0.05) is 16.3 Å². The van der Waals surface area contributed by atoms with E-state index in [1.807, 2.05) is 67.6 Å². The number of benzene rings is 3. The van der Waals surface area contributed by atoms with E-state index < -0.39 is 0 Å². The van der Waals surface area contributed by atoms with Gasteiger partial charge in [-0.15, -0.1) is 0 Å². The number of amides is 1. The lowest BCUT2D eigenvalue weighted by molar-refractivity contribution is -0.119. The van der Waals surface area contributed by atoms with E-state index in [0.717, 1.165) is 27.6 Å². The molecular formula is C20H18ClN3O. The van der Waals surface area contributed by atoms with Crippen LogP contribution in [0.5, 0.6) is 0 Å². The quantitative estimate of drug-likeness (QED) is 0.530. The van der Waals surface area contributed by atoms with Crippen molar-refractivity contribution in [1.82, 2.24) is 5.43 Å². The summed E-state index contributed by atoms with van der Waals surface area (Å²) in [5.74, 6) is -0.226. The molecule has 0 unspecified atom stereocenters. The normalized spacial score (nSPS) is 11.0. The van der Waals surface area contributed by atoms with Crippen LogP contribution in [0.4, 0.5) is 5.69 Å². The van der Waals surface area contributed by atoms with Crippen LogP contribution in [0.25, 0.3) is 10.8 Å². The predicted octanol–water partition coefficient (Wildman–Crippen LogP) is 4.36. The molecule has 0 aliphatic carbocycles. The third-order valence-electron chi connectivity index (χ3n) is 3.92. The van der Waals surface area contributed by atoms with Crippen LogP contribution in [-0.2, 0) is 4.79 Å². The van der Waals surface area contributed by atoms with Crippen molar-refractivity contribution in [1.29, 1.82) is 0 Å². The third kappa shape index (κ3) is 4.17. The highest BCUT2D eigenvalue weighted by Gasteiger charge is 2.04. The number of carbonyl (C=O) groups excluding carboxylic acids is 1. The van der Waals surface area contributed by atoms with Gasteiger partial charge in [0.1, 0.15) is 0 Å². The standard InChI is InChI=1S/C20H18ClN3O/c1-14-18(21)10-5-11-19(14)22-13-20(25)24-23-12-16-8-4-7-15-6-2-3-9-17(15)16/h2-12,22H,13H2,1H3,(H,24,25)/b23-12-. The SMILES string of the molecule is Cc1c(Cl)cccc1NCC(=O)N/N=C\c1cccc2ccccc12. The first-order valence-corrected chi connectivity index (χ1v) is 8.31. The van der Waals surface area contributed by atoms with Gasteiger partial charge in [-0.25, -0.2) is 5.43 Å². The molecule has 0 saturated heterocycles. The van der Waals surface area contributed by atoms with Crippen molar-refractivity contribution >= 4 is 40.2 Å². The molecule has 3 aromatic rings. The Hall–Kier alpha value is -2.85. The highest BCUT2D eigenvalue weighted by atomic mass is 35.5. The molecule has 3 aromatic carbocycles. The first kappa shape index (κ1) is 17.0. The monoisotopic (exact) mass is 351 g/mol. The number of rotatable bonds is 5. The van der Waals surface area contributed by atoms with Gasteiger partial charge < -0.3 is 5.32 Å². The third-order valence-corrected chi connectivity index (χ3v) is 4.33. The summed E-state index contributed by atoms with van der Waals surface area (Å²) >= 11 is 6.06. The van der Waals surface area contributed by atoms with Crippen molar-refractivity contribution < 1.29 is 4.79 Å². The lowest BCUT2D eigenvalue weighted by Gasteiger charge is -2.09. The molecule has 126 valence electrons. The van der Waals surface area contributed by atoms with Crippen LogP contribution in [0.15, 0.2) is 65.8 Å². The predicted molar refractivity (Wildman–Crippen MR) is 104 cm³/mol. The number of nitrogens with zero attached hydrogens (tertiary/aromatic N) is 1. The molecular weight excluding hydrogens is 334 g/mol. The van der Waals surface area contributed by atoms with E-state index in [0.29, 0.717) is 5.02 Å². The topological polar surface area (TPSA) is 53.5 Å². The molecule has 0 bridgehead atoms. The minimum Gasteiger partial charge on any atom is -0.376 e. The molecule has 0 saturated carbocycles. The van der Waals surface area contributed by atoms with E-state index in [9.17, 15) is 4.79 Å². The minimum atomic E-state index is -0.226. The van der Waals surface area contributed by atoms with Crippen LogP contribution in [0.2, 0.25) is 5.02 Å². The molecule has 25 heavy (non-hydrogen) atoms. The highest BCUT2D eigenvalue weighted by molar-refractivity contribution is 6.31. The Morgan fingerprint density at radius 2 is 1.84 bits per heavy atom. The van der Waals surface area contributed by atoms with Crippen LogP contribution in [0.1, 0.15) is 11.1 Å². The van der Waals surface area contributed by atoms with Gasteiger partial charge in [0.2, 0.25) is 0 Å². The number of halogens is 1. The molecule has 0 heterocycles. The van der Waals surface area contributed by atoms with E-state index in [4.69, 9.17) is 11.6 Å². The zero-order valence-electron chi connectivity index (χ0n) is 13.8. The number of hydrogen-bond acceptors (Lipinski definition) is 3. The smallest absolute Gasteiger partial charge is 0.259 e. The Morgan fingerprint density at radius 1 is 1.08 bits per heavy atom. The molecule has 0 aliphatic heterocycles. The fraction of sp³-hybridized carbons (Fsp3) is 0.100. The number of fused-ring (bicyclic) bond motifs is 1. The van der Waals surface area contributed by atoms with E-state index in [1.54, 1.807) is 6.21 Å². The van der Waals surface area contributed by atoms with E-state index in [1.165, 1.54) is 0 Å². The number of carbonyl (C=O) groups is 1. The van der Waals surface area contributed by atoms with Gasteiger partial charge in [-0.2, -0.15) is 5.10 Å². The first-order valence-electron chi connectivity index (χ1n) is 7.94. The number of nitrogens with one attached hydrogen (secondary N) is 2.